The Balaban J connectivity index is 1.67. The van der Waals surface area contributed by atoms with Crippen LogP contribution in [0.3, 0.4) is 0 Å². The number of halogens is 1. The van der Waals surface area contributed by atoms with Crippen LogP contribution in [0.2, 0.25) is 0 Å². The van der Waals surface area contributed by atoms with Gasteiger partial charge in [0, 0.05) is 6.54 Å². The van der Waals surface area contributed by atoms with Gasteiger partial charge in [-0.15, -0.1) is 0 Å². The average Bonchev–Trinajstić information content (AvgIpc) is 3.23. The van der Waals surface area contributed by atoms with Crippen molar-refractivity contribution in [2.75, 3.05) is 6.54 Å². The largest absolute Gasteiger partial charge is 0.357 e. The van der Waals surface area contributed by atoms with E-state index in [4.69, 9.17) is 0 Å². The molecule has 0 saturated heterocycles. The van der Waals surface area contributed by atoms with E-state index in [1.54, 1.807) is 30.1 Å². The second-order valence-corrected chi connectivity index (χ2v) is 6.58. The van der Waals surface area contributed by atoms with Crippen molar-refractivity contribution in [3.8, 4) is 5.69 Å². The maximum Gasteiger partial charge on any atom is 0.192 e. The minimum atomic E-state index is -0.194. The van der Waals surface area contributed by atoms with Crippen LogP contribution in [0.25, 0.3) is 5.69 Å². The summed E-state index contributed by atoms with van der Waals surface area (Å²) in [6.45, 7) is 7.04. The van der Waals surface area contributed by atoms with Crippen LogP contribution in [0.1, 0.15) is 36.6 Å². The number of benzene rings is 2. The molecule has 7 heteroatoms. The highest BCUT2D eigenvalue weighted by Gasteiger charge is 2.10. The molecule has 3 aromatic rings. The van der Waals surface area contributed by atoms with Crippen molar-refractivity contribution < 1.29 is 4.39 Å². The molecule has 6 nitrogen and oxygen atoms in total. The van der Waals surface area contributed by atoms with Gasteiger partial charge in [0.25, 0.3) is 0 Å². The van der Waals surface area contributed by atoms with Crippen molar-refractivity contribution in [2.45, 2.75) is 33.4 Å². The summed E-state index contributed by atoms with van der Waals surface area (Å²) in [5, 5.41) is 10.7. The Labute approximate surface area is 164 Å². The SMILES string of the molecule is CCNC(=NCc1ccc(-n2cncn2)cc1)NC(C)c1ccc(C)c(F)c1. The second kappa shape index (κ2) is 9.12. The van der Waals surface area contributed by atoms with Gasteiger partial charge in [-0.1, -0.05) is 24.3 Å². The first-order valence-electron chi connectivity index (χ1n) is 9.31. The first kappa shape index (κ1) is 19.5. The predicted molar refractivity (Wildman–Crippen MR) is 109 cm³/mol. The van der Waals surface area contributed by atoms with Crippen LogP contribution in [0.4, 0.5) is 4.39 Å². The maximum atomic E-state index is 13.8. The van der Waals surface area contributed by atoms with Crippen LogP contribution < -0.4 is 10.6 Å². The molecule has 1 unspecified atom stereocenters. The lowest BCUT2D eigenvalue weighted by molar-refractivity contribution is 0.607. The predicted octanol–water partition coefficient (Wildman–Crippen LogP) is 3.53. The fourth-order valence-corrected chi connectivity index (χ4v) is 2.75. The van der Waals surface area contributed by atoms with Crippen LogP contribution in [0.5, 0.6) is 0 Å². The smallest absolute Gasteiger partial charge is 0.192 e. The summed E-state index contributed by atoms with van der Waals surface area (Å²) in [6.07, 6.45) is 3.17. The molecule has 0 aliphatic carbocycles. The molecule has 3 rings (SSSR count). The molecule has 0 radical (unpaired) electrons. The van der Waals surface area contributed by atoms with E-state index in [9.17, 15) is 4.39 Å². The molecule has 2 aromatic carbocycles. The van der Waals surface area contributed by atoms with Gasteiger partial charge in [-0.3, -0.25) is 0 Å². The van der Waals surface area contributed by atoms with E-state index < -0.39 is 0 Å². The molecule has 0 spiro atoms. The summed E-state index contributed by atoms with van der Waals surface area (Å²) in [5.41, 5.74) is 3.55. The summed E-state index contributed by atoms with van der Waals surface area (Å²) in [4.78, 5) is 8.60. The Morgan fingerprint density at radius 1 is 1.21 bits per heavy atom. The summed E-state index contributed by atoms with van der Waals surface area (Å²) in [6, 6.07) is 13.2. The second-order valence-electron chi connectivity index (χ2n) is 6.58. The minimum absolute atomic E-state index is 0.0670. The van der Waals surface area contributed by atoms with Crippen LogP contribution in [0.15, 0.2) is 60.1 Å². The Hall–Kier alpha value is -3.22. The Kier molecular flexibility index (Phi) is 6.37. The topological polar surface area (TPSA) is 67.1 Å². The van der Waals surface area contributed by atoms with E-state index in [1.807, 2.05) is 44.2 Å². The van der Waals surface area contributed by atoms with Gasteiger partial charge < -0.3 is 10.6 Å². The molecule has 0 bridgehead atoms. The fraction of sp³-hybridized carbons (Fsp3) is 0.286. The highest BCUT2D eigenvalue weighted by molar-refractivity contribution is 5.80. The number of hydrogen-bond acceptors (Lipinski definition) is 3. The molecule has 1 aromatic heterocycles. The van der Waals surface area contributed by atoms with Gasteiger partial charge in [0.2, 0.25) is 0 Å². The molecular formula is C21H25FN6. The number of nitrogens with zero attached hydrogens (tertiary/aromatic N) is 4. The van der Waals surface area contributed by atoms with Gasteiger partial charge in [0.05, 0.1) is 18.3 Å². The molecule has 1 heterocycles. The monoisotopic (exact) mass is 380 g/mol. The van der Waals surface area contributed by atoms with Crippen molar-refractivity contribution in [1.82, 2.24) is 25.4 Å². The third-order valence-corrected chi connectivity index (χ3v) is 4.43. The van der Waals surface area contributed by atoms with Crippen molar-refractivity contribution >= 4 is 5.96 Å². The normalized spacial score (nSPS) is 12.6. The van der Waals surface area contributed by atoms with Gasteiger partial charge in [-0.2, -0.15) is 5.10 Å². The molecule has 28 heavy (non-hydrogen) atoms. The summed E-state index contributed by atoms with van der Waals surface area (Å²) in [5.74, 6) is 0.497. The molecule has 2 N–H and O–H groups in total. The minimum Gasteiger partial charge on any atom is -0.357 e. The molecule has 0 amide bonds. The number of rotatable bonds is 6. The summed E-state index contributed by atoms with van der Waals surface area (Å²) in [7, 11) is 0. The highest BCUT2D eigenvalue weighted by atomic mass is 19.1. The summed E-state index contributed by atoms with van der Waals surface area (Å²) < 4.78 is 15.6. The van der Waals surface area contributed by atoms with Gasteiger partial charge in [0.1, 0.15) is 18.5 Å². The van der Waals surface area contributed by atoms with Gasteiger partial charge >= 0.3 is 0 Å². The Morgan fingerprint density at radius 2 is 2.00 bits per heavy atom. The number of aliphatic imine (C=N–C) groups is 1. The zero-order valence-corrected chi connectivity index (χ0v) is 16.4. The molecular weight excluding hydrogens is 355 g/mol. The number of aryl methyl sites for hydroxylation is 1. The zero-order chi connectivity index (χ0) is 19.9. The van der Waals surface area contributed by atoms with Crippen LogP contribution in [-0.2, 0) is 6.54 Å². The molecule has 1 atom stereocenters. The fourth-order valence-electron chi connectivity index (χ4n) is 2.75. The third-order valence-electron chi connectivity index (χ3n) is 4.43. The lowest BCUT2D eigenvalue weighted by Crippen LogP contribution is -2.38. The van der Waals surface area contributed by atoms with Crippen LogP contribution in [-0.4, -0.2) is 27.3 Å². The van der Waals surface area contributed by atoms with Crippen molar-refractivity contribution in [3.05, 3.63) is 77.6 Å². The Bertz CT molecular complexity index is 919. The first-order valence-corrected chi connectivity index (χ1v) is 9.31. The van der Waals surface area contributed by atoms with E-state index in [0.717, 1.165) is 23.4 Å². The average molecular weight is 380 g/mol. The van der Waals surface area contributed by atoms with Crippen molar-refractivity contribution in [2.24, 2.45) is 4.99 Å². The summed E-state index contributed by atoms with van der Waals surface area (Å²) >= 11 is 0. The van der Waals surface area contributed by atoms with E-state index >= 15 is 0 Å². The lowest BCUT2D eigenvalue weighted by Gasteiger charge is -2.18. The molecule has 0 aliphatic rings. The van der Waals surface area contributed by atoms with Gasteiger partial charge in [-0.25, -0.2) is 19.0 Å². The van der Waals surface area contributed by atoms with Crippen LogP contribution >= 0.6 is 0 Å². The third kappa shape index (κ3) is 4.94. The van der Waals surface area contributed by atoms with Crippen molar-refractivity contribution in [3.63, 3.8) is 0 Å². The zero-order valence-electron chi connectivity index (χ0n) is 16.4. The number of guanidine groups is 1. The van der Waals surface area contributed by atoms with E-state index in [2.05, 4.69) is 25.7 Å². The first-order chi connectivity index (χ1) is 13.6. The Morgan fingerprint density at radius 3 is 2.64 bits per heavy atom. The number of nitrogens with one attached hydrogen (secondary N) is 2. The molecule has 0 saturated carbocycles. The standard InChI is InChI=1S/C21H25FN6/c1-4-24-21(27-16(3)18-8-5-15(2)20(22)11-18)25-12-17-6-9-19(10-7-17)28-14-23-13-26-28/h5-11,13-14,16H,4,12H2,1-3H3,(H2,24,25,27). The molecule has 146 valence electrons. The highest BCUT2D eigenvalue weighted by Crippen LogP contribution is 2.16. The van der Waals surface area contributed by atoms with Gasteiger partial charge in [-0.05, 0) is 55.7 Å². The maximum absolute atomic E-state index is 13.8. The molecule has 0 aliphatic heterocycles. The van der Waals surface area contributed by atoms with E-state index in [1.165, 1.54) is 6.33 Å². The van der Waals surface area contributed by atoms with Crippen LogP contribution in [0, 0.1) is 12.7 Å². The number of hydrogen-bond donors (Lipinski definition) is 2. The molecule has 0 fully saturated rings. The lowest BCUT2D eigenvalue weighted by atomic mass is 10.1. The van der Waals surface area contributed by atoms with Crippen molar-refractivity contribution in [1.29, 1.82) is 0 Å². The van der Waals surface area contributed by atoms with E-state index in [0.29, 0.717) is 18.1 Å². The van der Waals surface area contributed by atoms with Gasteiger partial charge in [0.15, 0.2) is 5.96 Å². The quantitative estimate of drug-likeness (QED) is 0.507. The van der Waals surface area contributed by atoms with E-state index in [-0.39, 0.29) is 11.9 Å². The number of aromatic nitrogens is 3.